The minimum atomic E-state index is -0.489. The minimum Gasteiger partial charge on any atom is -0.508 e. The molecular formula is C20H22N2O2. The number of carbonyl (C=O) groups excluding carboxylic acids is 1. The second kappa shape index (κ2) is 6.40. The van der Waals surface area contributed by atoms with Crippen LogP contribution < -0.4 is 5.32 Å². The molecule has 0 saturated carbocycles. The Morgan fingerprint density at radius 2 is 1.92 bits per heavy atom. The number of phenolic OH excluding ortho intramolecular Hbond substituents is 1. The van der Waals surface area contributed by atoms with E-state index in [1.165, 1.54) is 0 Å². The molecule has 4 heteroatoms. The average Bonchev–Trinajstić information content (AvgIpc) is 2.58. The van der Waals surface area contributed by atoms with Crippen molar-refractivity contribution in [2.45, 2.75) is 25.4 Å². The Balaban J connectivity index is 1.86. The zero-order chi connectivity index (χ0) is 17.2. The van der Waals surface area contributed by atoms with Crippen molar-refractivity contribution in [1.82, 2.24) is 4.90 Å². The predicted octanol–water partition coefficient (Wildman–Crippen LogP) is 3.79. The maximum Gasteiger partial charge on any atom is 0.258 e. The Bertz CT molecular complexity index is 754. The number of para-hydroxylation sites is 1. The number of fused-ring (bicyclic) bond motifs is 1. The van der Waals surface area contributed by atoms with E-state index in [1.54, 1.807) is 18.2 Å². The van der Waals surface area contributed by atoms with Crippen LogP contribution >= 0.6 is 0 Å². The Hall–Kier alpha value is -2.75. The molecule has 124 valence electrons. The number of aromatic hydroxyl groups is 1. The number of amides is 1. The summed E-state index contributed by atoms with van der Waals surface area (Å²) in [5.41, 5.74) is 2.20. The first kappa shape index (κ1) is 16.1. The van der Waals surface area contributed by atoms with Crippen molar-refractivity contribution in [1.29, 1.82) is 0 Å². The fourth-order valence-electron chi connectivity index (χ4n) is 3.17. The summed E-state index contributed by atoms with van der Waals surface area (Å²) in [4.78, 5) is 14.7. The molecule has 0 aromatic heterocycles. The Morgan fingerprint density at radius 1 is 1.21 bits per heavy atom. The third-order valence-electron chi connectivity index (χ3n) is 4.55. The molecule has 1 amide bonds. The van der Waals surface area contributed by atoms with Crippen LogP contribution in [0.1, 0.15) is 29.3 Å². The second-order valence-corrected chi connectivity index (χ2v) is 6.32. The SMILES string of the molecule is C=CCN1C(=O)c2ccccc2N[C@@]1(C)CCc1ccc(O)cc1. The molecule has 0 saturated heterocycles. The molecule has 3 rings (SSSR count). The van der Waals surface area contributed by atoms with Gasteiger partial charge in [-0.2, -0.15) is 0 Å². The van der Waals surface area contributed by atoms with Crippen LogP contribution in [-0.2, 0) is 6.42 Å². The number of anilines is 1. The third kappa shape index (κ3) is 3.00. The third-order valence-corrected chi connectivity index (χ3v) is 4.55. The van der Waals surface area contributed by atoms with E-state index in [-0.39, 0.29) is 11.7 Å². The molecule has 2 N–H and O–H groups in total. The van der Waals surface area contributed by atoms with Gasteiger partial charge in [-0.3, -0.25) is 4.79 Å². The van der Waals surface area contributed by atoms with Gasteiger partial charge >= 0.3 is 0 Å². The van der Waals surface area contributed by atoms with Gasteiger partial charge in [-0.1, -0.05) is 30.3 Å². The molecule has 1 aliphatic heterocycles. The highest BCUT2D eigenvalue weighted by Crippen LogP contribution is 2.33. The van der Waals surface area contributed by atoms with Crippen molar-refractivity contribution < 1.29 is 9.90 Å². The highest BCUT2D eigenvalue weighted by Gasteiger charge is 2.39. The monoisotopic (exact) mass is 322 g/mol. The fourth-order valence-corrected chi connectivity index (χ4v) is 3.17. The van der Waals surface area contributed by atoms with Crippen LogP contribution in [0.2, 0.25) is 0 Å². The topological polar surface area (TPSA) is 52.6 Å². The largest absolute Gasteiger partial charge is 0.508 e. The van der Waals surface area contributed by atoms with Gasteiger partial charge in [0.1, 0.15) is 11.4 Å². The van der Waals surface area contributed by atoms with Gasteiger partial charge in [0.05, 0.1) is 5.56 Å². The Labute approximate surface area is 142 Å². The number of benzene rings is 2. The van der Waals surface area contributed by atoms with Crippen molar-refractivity contribution in [3.05, 3.63) is 72.3 Å². The molecule has 2 aromatic rings. The molecule has 0 spiro atoms. The fraction of sp³-hybridized carbons (Fsp3) is 0.250. The molecule has 24 heavy (non-hydrogen) atoms. The van der Waals surface area contributed by atoms with Crippen LogP contribution in [0.5, 0.6) is 5.75 Å². The van der Waals surface area contributed by atoms with E-state index in [0.29, 0.717) is 12.1 Å². The normalized spacial score (nSPS) is 19.5. The van der Waals surface area contributed by atoms with Gasteiger partial charge in [-0.05, 0) is 49.6 Å². The number of carbonyl (C=O) groups is 1. The van der Waals surface area contributed by atoms with E-state index in [4.69, 9.17) is 0 Å². The van der Waals surface area contributed by atoms with Gasteiger partial charge in [0, 0.05) is 12.2 Å². The lowest BCUT2D eigenvalue weighted by Gasteiger charge is -2.46. The van der Waals surface area contributed by atoms with Crippen LogP contribution in [0.25, 0.3) is 0 Å². The van der Waals surface area contributed by atoms with Crippen molar-refractivity contribution in [3.63, 3.8) is 0 Å². The van der Waals surface area contributed by atoms with Gasteiger partial charge in [-0.25, -0.2) is 0 Å². The maximum atomic E-state index is 12.9. The first-order valence-electron chi connectivity index (χ1n) is 8.11. The first-order chi connectivity index (χ1) is 11.5. The van der Waals surface area contributed by atoms with Gasteiger partial charge < -0.3 is 15.3 Å². The maximum absolute atomic E-state index is 12.9. The van der Waals surface area contributed by atoms with E-state index < -0.39 is 5.66 Å². The number of aryl methyl sites for hydroxylation is 1. The average molecular weight is 322 g/mol. The molecule has 1 aliphatic rings. The summed E-state index contributed by atoms with van der Waals surface area (Å²) in [5, 5.41) is 12.9. The summed E-state index contributed by atoms with van der Waals surface area (Å²) in [5.74, 6) is 0.288. The lowest BCUT2D eigenvalue weighted by molar-refractivity contribution is 0.0562. The van der Waals surface area contributed by atoms with Crippen LogP contribution in [0.15, 0.2) is 61.2 Å². The molecule has 4 nitrogen and oxygen atoms in total. The number of hydrogen-bond acceptors (Lipinski definition) is 3. The summed E-state index contributed by atoms with van der Waals surface area (Å²) < 4.78 is 0. The van der Waals surface area contributed by atoms with E-state index in [1.807, 2.05) is 48.2 Å². The highest BCUT2D eigenvalue weighted by atomic mass is 16.3. The smallest absolute Gasteiger partial charge is 0.258 e. The standard InChI is InChI=1S/C20H22N2O2/c1-3-14-22-19(24)17-6-4-5-7-18(17)21-20(22,2)13-12-15-8-10-16(23)11-9-15/h3-11,21,23H,1,12-14H2,2H3/t20-/m1/s1. The summed E-state index contributed by atoms with van der Waals surface area (Å²) >= 11 is 0. The molecule has 0 fully saturated rings. The zero-order valence-electron chi connectivity index (χ0n) is 13.8. The Morgan fingerprint density at radius 3 is 2.62 bits per heavy atom. The molecule has 0 unspecified atom stereocenters. The van der Waals surface area contributed by atoms with Gasteiger partial charge in [0.15, 0.2) is 0 Å². The zero-order valence-corrected chi connectivity index (χ0v) is 13.8. The van der Waals surface area contributed by atoms with E-state index in [9.17, 15) is 9.90 Å². The second-order valence-electron chi connectivity index (χ2n) is 6.32. The van der Waals surface area contributed by atoms with Crippen molar-refractivity contribution in [2.24, 2.45) is 0 Å². The lowest BCUT2D eigenvalue weighted by atomic mass is 9.94. The molecule has 0 bridgehead atoms. The summed E-state index contributed by atoms with van der Waals surface area (Å²) in [7, 11) is 0. The molecule has 0 radical (unpaired) electrons. The van der Waals surface area contributed by atoms with Gasteiger partial charge in [0.25, 0.3) is 5.91 Å². The van der Waals surface area contributed by atoms with Crippen LogP contribution in [0, 0.1) is 0 Å². The molecule has 0 aliphatic carbocycles. The quantitative estimate of drug-likeness (QED) is 0.823. The van der Waals surface area contributed by atoms with Crippen LogP contribution in [0.4, 0.5) is 5.69 Å². The number of rotatable bonds is 5. The number of nitrogens with one attached hydrogen (secondary N) is 1. The number of hydrogen-bond donors (Lipinski definition) is 2. The lowest BCUT2D eigenvalue weighted by Crippen LogP contribution is -2.58. The summed E-state index contributed by atoms with van der Waals surface area (Å²) in [6.45, 7) is 6.33. The summed E-state index contributed by atoms with van der Waals surface area (Å²) in [6.07, 6.45) is 3.31. The van der Waals surface area contributed by atoms with E-state index >= 15 is 0 Å². The number of nitrogens with zero attached hydrogens (tertiary/aromatic N) is 1. The molecule has 2 aromatic carbocycles. The predicted molar refractivity (Wildman–Crippen MR) is 96.1 cm³/mol. The van der Waals surface area contributed by atoms with E-state index in [0.717, 1.165) is 24.1 Å². The van der Waals surface area contributed by atoms with E-state index in [2.05, 4.69) is 11.9 Å². The first-order valence-corrected chi connectivity index (χ1v) is 8.11. The van der Waals surface area contributed by atoms with Crippen LogP contribution in [-0.4, -0.2) is 28.1 Å². The van der Waals surface area contributed by atoms with Gasteiger partial charge in [-0.15, -0.1) is 6.58 Å². The van der Waals surface area contributed by atoms with Crippen molar-refractivity contribution in [3.8, 4) is 5.75 Å². The van der Waals surface area contributed by atoms with Crippen molar-refractivity contribution in [2.75, 3.05) is 11.9 Å². The Kier molecular flexibility index (Phi) is 4.30. The molecule has 1 atom stereocenters. The minimum absolute atomic E-state index is 0.0254. The molecular weight excluding hydrogens is 300 g/mol. The molecule has 1 heterocycles. The van der Waals surface area contributed by atoms with Gasteiger partial charge in [0.2, 0.25) is 0 Å². The van der Waals surface area contributed by atoms with Crippen molar-refractivity contribution >= 4 is 11.6 Å². The highest BCUT2D eigenvalue weighted by molar-refractivity contribution is 6.02. The van der Waals surface area contributed by atoms with Crippen LogP contribution in [0.3, 0.4) is 0 Å². The summed E-state index contributed by atoms with van der Waals surface area (Å²) in [6, 6.07) is 14.8. The number of phenols is 1.